The molecule has 0 atom stereocenters. The molecule has 1 fully saturated rings. The third-order valence-corrected chi connectivity index (χ3v) is 3.55. The van der Waals surface area contributed by atoms with Crippen molar-refractivity contribution in [1.29, 1.82) is 0 Å². The van der Waals surface area contributed by atoms with Gasteiger partial charge in [0, 0.05) is 31.8 Å². The van der Waals surface area contributed by atoms with Crippen molar-refractivity contribution in [2.24, 2.45) is 0 Å². The first kappa shape index (κ1) is 13.5. The Balaban J connectivity index is 2.02. The summed E-state index contributed by atoms with van der Waals surface area (Å²) < 4.78 is 1.59. The quantitative estimate of drug-likeness (QED) is 0.913. The van der Waals surface area contributed by atoms with Gasteiger partial charge in [0.05, 0.1) is 0 Å². The van der Waals surface area contributed by atoms with Crippen LogP contribution in [-0.2, 0) is 0 Å². The second kappa shape index (κ2) is 4.83. The molecule has 2 heterocycles. The zero-order valence-corrected chi connectivity index (χ0v) is 12.4. The predicted molar refractivity (Wildman–Crippen MR) is 78.3 cm³/mol. The molecule has 2 aromatic heterocycles. The fraction of sp³-hybridized carbons (Fsp3) is 0.429. The molecule has 0 bridgehead atoms. The fourth-order valence-corrected chi connectivity index (χ4v) is 2.07. The summed E-state index contributed by atoms with van der Waals surface area (Å²) in [4.78, 5) is 22.3. The van der Waals surface area contributed by atoms with E-state index in [2.05, 4.69) is 15.1 Å². The second-order valence-corrected chi connectivity index (χ2v) is 5.54. The van der Waals surface area contributed by atoms with E-state index in [1.165, 1.54) is 4.90 Å². The Hall–Kier alpha value is -2.44. The van der Waals surface area contributed by atoms with Crippen molar-refractivity contribution in [3.63, 3.8) is 0 Å². The maximum atomic E-state index is 11.9. The topological polar surface area (TPSA) is 89.9 Å². The molecule has 1 amide bonds. The lowest BCUT2D eigenvalue weighted by molar-refractivity contribution is 0.0821. The monoisotopic (exact) mass is 286 g/mol. The van der Waals surface area contributed by atoms with E-state index < -0.39 is 0 Å². The van der Waals surface area contributed by atoms with Crippen LogP contribution in [0.1, 0.15) is 40.6 Å². The molecule has 1 saturated carbocycles. The number of amides is 1. The van der Waals surface area contributed by atoms with Gasteiger partial charge < -0.3 is 10.6 Å². The van der Waals surface area contributed by atoms with E-state index in [0.29, 0.717) is 23.2 Å². The number of carbonyl (C=O) groups excluding carboxylic acids is 1. The number of anilines is 1. The Kier molecular flexibility index (Phi) is 3.12. The van der Waals surface area contributed by atoms with Crippen LogP contribution < -0.4 is 5.73 Å². The highest BCUT2D eigenvalue weighted by Gasteiger charge is 2.28. The lowest BCUT2D eigenvalue weighted by Crippen LogP contribution is -2.22. The first-order valence-corrected chi connectivity index (χ1v) is 6.89. The van der Waals surface area contributed by atoms with Crippen LogP contribution in [0.4, 0.5) is 5.82 Å². The molecule has 110 valence electrons. The predicted octanol–water partition coefficient (Wildman–Crippen LogP) is 1.13. The van der Waals surface area contributed by atoms with Crippen molar-refractivity contribution in [3.8, 4) is 5.82 Å². The largest absolute Gasteiger partial charge is 0.383 e. The van der Waals surface area contributed by atoms with Crippen molar-refractivity contribution in [1.82, 2.24) is 24.6 Å². The number of carbonyl (C=O) groups is 1. The van der Waals surface area contributed by atoms with Crippen molar-refractivity contribution in [2.45, 2.75) is 25.7 Å². The Bertz CT molecular complexity index is 701. The number of hydrogen-bond acceptors (Lipinski definition) is 5. The number of nitrogens with zero attached hydrogens (tertiary/aromatic N) is 5. The van der Waals surface area contributed by atoms with Gasteiger partial charge in [-0.2, -0.15) is 5.10 Å². The van der Waals surface area contributed by atoms with Gasteiger partial charge in [-0.25, -0.2) is 14.6 Å². The Labute approximate surface area is 122 Å². The third kappa shape index (κ3) is 2.46. The summed E-state index contributed by atoms with van der Waals surface area (Å²) in [6.45, 7) is 1.86. The number of nitrogens with two attached hydrogens (primary N) is 1. The standard InChI is InChI=1S/C14H18N6O/c1-8-11(15)16-12(9-4-5-9)17-13(8)20-7-6-10(18-20)14(21)19(2)3/h6-7,9H,4-5H2,1-3H3,(H2,15,16,17). The van der Waals surface area contributed by atoms with E-state index in [1.807, 2.05) is 6.92 Å². The third-order valence-electron chi connectivity index (χ3n) is 3.55. The molecule has 7 nitrogen and oxygen atoms in total. The van der Waals surface area contributed by atoms with Crippen molar-refractivity contribution >= 4 is 11.7 Å². The smallest absolute Gasteiger partial charge is 0.273 e. The van der Waals surface area contributed by atoms with Gasteiger partial charge in [-0.15, -0.1) is 0 Å². The van der Waals surface area contributed by atoms with Gasteiger partial charge in [0.15, 0.2) is 11.5 Å². The zero-order chi connectivity index (χ0) is 15.1. The number of nitrogen functional groups attached to an aromatic ring is 1. The molecule has 1 aliphatic carbocycles. The summed E-state index contributed by atoms with van der Waals surface area (Å²) in [5.74, 6) is 2.14. The average molecular weight is 286 g/mol. The van der Waals surface area contributed by atoms with Gasteiger partial charge in [-0.1, -0.05) is 0 Å². The van der Waals surface area contributed by atoms with E-state index in [0.717, 1.165) is 24.2 Å². The van der Waals surface area contributed by atoms with Crippen LogP contribution in [-0.4, -0.2) is 44.7 Å². The molecule has 0 spiro atoms. The summed E-state index contributed by atoms with van der Waals surface area (Å²) in [5, 5.41) is 4.30. The summed E-state index contributed by atoms with van der Waals surface area (Å²) in [7, 11) is 3.39. The second-order valence-electron chi connectivity index (χ2n) is 5.54. The minimum Gasteiger partial charge on any atom is -0.383 e. The molecule has 7 heteroatoms. The van der Waals surface area contributed by atoms with Gasteiger partial charge in [-0.3, -0.25) is 4.79 Å². The highest BCUT2D eigenvalue weighted by atomic mass is 16.2. The summed E-state index contributed by atoms with van der Waals surface area (Å²) >= 11 is 0. The molecule has 2 aromatic rings. The Morgan fingerprint density at radius 3 is 2.71 bits per heavy atom. The van der Waals surface area contributed by atoms with Gasteiger partial charge in [0.1, 0.15) is 11.6 Å². The highest BCUT2D eigenvalue weighted by Crippen LogP contribution is 2.39. The van der Waals surface area contributed by atoms with E-state index >= 15 is 0 Å². The van der Waals surface area contributed by atoms with Crippen LogP contribution in [0.25, 0.3) is 5.82 Å². The summed E-state index contributed by atoms with van der Waals surface area (Å²) in [6, 6.07) is 1.68. The van der Waals surface area contributed by atoms with E-state index in [9.17, 15) is 4.79 Å². The van der Waals surface area contributed by atoms with Crippen LogP contribution in [0, 0.1) is 6.92 Å². The molecule has 2 N–H and O–H groups in total. The highest BCUT2D eigenvalue weighted by molar-refractivity contribution is 5.91. The van der Waals surface area contributed by atoms with Crippen LogP contribution in [0.3, 0.4) is 0 Å². The van der Waals surface area contributed by atoms with Crippen LogP contribution in [0.15, 0.2) is 12.3 Å². The van der Waals surface area contributed by atoms with Gasteiger partial charge in [0.2, 0.25) is 0 Å². The first-order chi connectivity index (χ1) is 9.97. The Morgan fingerprint density at radius 2 is 2.10 bits per heavy atom. The molecule has 0 radical (unpaired) electrons. The molecule has 0 saturated heterocycles. The molecule has 1 aliphatic rings. The van der Waals surface area contributed by atoms with Crippen molar-refractivity contribution in [3.05, 3.63) is 29.3 Å². The molecule has 0 aromatic carbocycles. The van der Waals surface area contributed by atoms with Gasteiger partial charge in [-0.05, 0) is 25.8 Å². The fourth-order valence-electron chi connectivity index (χ4n) is 2.07. The number of rotatable bonds is 3. The zero-order valence-electron chi connectivity index (χ0n) is 12.4. The maximum Gasteiger partial charge on any atom is 0.273 e. The van der Waals surface area contributed by atoms with Crippen molar-refractivity contribution in [2.75, 3.05) is 19.8 Å². The molecular formula is C14H18N6O. The molecule has 0 aliphatic heterocycles. The molecular weight excluding hydrogens is 268 g/mol. The van der Waals surface area contributed by atoms with E-state index in [4.69, 9.17) is 5.73 Å². The minimum absolute atomic E-state index is 0.143. The number of hydrogen-bond donors (Lipinski definition) is 1. The maximum absolute atomic E-state index is 11.9. The number of aromatic nitrogens is 4. The SMILES string of the molecule is Cc1c(N)nc(C2CC2)nc1-n1ccc(C(=O)N(C)C)n1. The summed E-state index contributed by atoms with van der Waals surface area (Å²) in [5.41, 5.74) is 7.12. The average Bonchev–Trinajstić information content (AvgIpc) is 3.18. The molecule has 21 heavy (non-hydrogen) atoms. The lowest BCUT2D eigenvalue weighted by Gasteiger charge is -2.10. The Morgan fingerprint density at radius 1 is 1.38 bits per heavy atom. The van der Waals surface area contributed by atoms with Crippen molar-refractivity contribution < 1.29 is 4.79 Å². The van der Waals surface area contributed by atoms with Crippen LogP contribution in [0.5, 0.6) is 0 Å². The summed E-state index contributed by atoms with van der Waals surface area (Å²) in [6.07, 6.45) is 3.93. The van der Waals surface area contributed by atoms with E-state index in [-0.39, 0.29) is 5.91 Å². The first-order valence-electron chi connectivity index (χ1n) is 6.89. The lowest BCUT2D eigenvalue weighted by atomic mass is 10.3. The molecule has 0 unspecified atom stereocenters. The minimum atomic E-state index is -0.143. The van der Waals surface area contributed by atoms with Crippen LogP contribution in [0.2, 0.25) is 0 Å². The van der Waals surface area contributed by atoms with E-state index in [1.54, 1.807) is 31.0 Å². The van der Waals surface area contributed by atoms with Gasteiger partial charge in [0.25, 0.3) is 5.91 Å². The van der Waals surface area contributed by atoms with Gasteiger partial charge >= 0.3 is 0 Å². The normalized spacial score (nSPS) is 14.2. The molecule has 3 rings (SSSR count). The van der Waals surface area contributed by atoms with Crippen LogP contribution >= 0.6 is 0 Å².